The number of carbonyl (C=O) groups excluding carboxylic acids is 1. The van der Waals surface area contributed by atoms with Crippen LogP contribution in [0.3, 0.4) is 0 Å². The zero-order valence-electron chi connectivity index (χ0n) is 57.6. The number of hydrogen-bond donors (Lipinski definition) is 16. The summed E-state index contributed by atoms with van der Waals surface area (Å²) < 4.78 is 85.6. The molecule has 7 heterocycles. The first kappa shape index (κ1) is 76.7. The van der Waals surface area contributed by atoms with Gasteiger partial charge in [0, 0.05) is 24.7 Å². The van der Waals surface area contributed by atoms with Crippen molar-refractivity contribution in [2.75, 3.05) is 39.6 Å². The van der Waals surface area contributed by atoms with Gasteiger partial charge in [-0.3, -0.25) is 4.79 Å². The lowest BCUT2D eigenvalue weighted by atomic mass is 9.33. The fourth-order valence-electron chi connectivity index (χ4n) is 19.9. The number of esters is 1. The third-order valence-corrected chi connectivity index (χ3v) is 25.8. The standard InChI is InChI=1S/C68H110O31/c1-28-46(78)33(72)18-45(90-28)92-38-19-44(87-24-35(38)74)94-53-29(2)91-59(52(84)55(53)95-43-17-30(71)12-16-86-43)97-56-48(80)37(76)26-89-61(56)99-62(85)68-15-14-63(3,4)20-32(68)31-9-10-41-64(5)21-34(73)57(65(6,27-70)40(64)11-13-66(41,7)67(31,8)22-42(68)77)98-60-51(83)54(49(81)39(23-69)93-60)96-58-50(82)47(79)36(75)25-88-58/h9,28-30,32-61,69-84H,10-27H2,1-8H3/t28-,29-,30-,32-,33-,34-,35+,36+,37-,38+,39+,40+,41+,42+,43-,44-,45-,46-,47-,48-,49+,50+,51+,52+,53-,54-,55-,56+,57-,58-,59-,60-,61-,64-,65-,66+,67+,68+/m0/s1. The van der Waals surface area contributed by atoms with Gasteiger partial charge in [-0.1, -0.05) is 53.2 Å². The van der Waals surface area contributed by atoms with Crippen LogP contribution in [0.1, 0.15) is 132 Å². The van der Waals surface area contributed by atoms with Crippen LogP contribution in [0, 0.1) is 50.2 Å². The molecule has 0 amide bonds. The highest BCUT2D eigenvalue weighted by Crippen LogP contribution is 2.76. The molecule has 11 fully saturated rings. The number of allylic oxidation sites excluding steroid dienone is 2. The Kier molecular flexibility index (Phi) is 22.7. The van der Waals surface area contributed by atoms with Crippen LogP contribution in [0.15, 0.2) is 11.6 Å². The first-order valence-electron chi connectivity index (χ1n) is 35.6. The van der Waals surface area contributed by atoms with Gasteiger partial charge >= 0.3 is 5.97 Å². The Bertz CT molecular complexity index is 2780. The zero-order valence-corrected chi connectivity index (χ0v) is 57.6. The molecule has 0 spiro atoms. The molecule has 0 bridgehead atoms. The van der Waals surface area contributed by atoms with Crippen molar-refractivity contribution in [1.82, 2.24) is 0 Å². The van der Waals surface area contributed by atoms with Crippen molar-refractivity contribution < 1.29 is 153 Å². The molecule has 568 valence electrons. The summed E-state index contributed by atoms with van der Waals surface area (Å²) in [5.41, 5.74) is -4.29. The molecule has 12 rings (SSSR count). The second kappa shape index (κ2) is 29.3. The van der Waals surface area contributed by atoms with Crippen molar-refractivity contribution in [2.24, 2.45) is 50.2 Å². The van der Waals surface area contributed by atoms with Gasteiger partial charge < -0.3 is 148 Å². The van der Waals surface area contributed by atoms with Crippen molar-refractivity contribution >= 4 is 5.97 Å². The van der Waals surface area contributed by atoms with E-state index in [1.807, 2.05) is 6.92 Å². The molecular formula is C68H110O31. The molecule has 7 aliphatic heterocycles. The summed E-state index contributed by atoms with van der Waals surface area (Å²) in [5, 5.41) is 180. The van der Waals surface area contributed by atoms with Crippen LogP contribution >= 0.6 is 0 Å². The summed E-state index contributed by atoms with van der Waals surface area (Å²) in [7, 11) is 0. The molecular weight excluding hydrogens is 1310 g/mol. The smallest absolute Gasteiger partial charge is 0.317 e. The lowest BCUT2D eigenvalue weighted by Gasteiger charge is -2.72. The summed E-state index contributed by atoms with van der Waals surface area (Å²) >= 11 is 0. The maximum Gasteiger partial charge on any atom is 0.317 e. The molecule has 5 aliphatic carbocycles. The average molecular weight is 1420 g/mol. The number of carbonyl (C=O) groups is 1. The summed E-state index contributed by atoms with van der Waals surface area (Å²) in [5.74, 6) is -1.98. The van der Waals surface area contributed by atoms with E-state index in [0.29, 0.717) is 38.5 Å². The summed E-state index contributed by atoms with van der Waals surface area (Å²) in [6.07, 6.45) is -36.3. The molecule has 99 heavy (non-hydrogen) atoms. The van der Waals surface area contributed by atoms with Gasteiger partial charge in [-0.25, -0.2) is 0 Å². The predicted molar refractivity (Wildman–Crippen MR) is 332 cm³/mol. The van der Waals surface area contributed by atoms with Gasteiger partial charge in [0.1, 0.15) is 90.9 Å². The molecule has 31 nitrogen and oxygen atoms in total. The molecule has 7 saturated heterocycles. The Morgan fingerprint density at radius 3 is 1.88 bits per heavy atom. The minimum atomic E-state index is -1.83. The van der Waals surface area contributed by atoms with Gasteiger partial charge in [0.15, 0.2) is 43.8 Å². The van der Waals surface area contributed by atoms with E-state index in [-0.39, 0.29) is 69.0 Å². The quantitative estimate of drug-likeness (QED) is 0.0418. The van der Waals surface area contributed by atoms with Crippen LogP contribution in [-0.2, 0) is 71.1 Å². The Labute approximate surface area is 575 Å². The van der Waals surface area contributed by atoms with Crippen LogP contribution < -0.4 is 0 Å². The molecule has 38 atom stereocenters. The minimum absolute atomic E-state index is 0.0186. The van der Waals surface area contributed by atoms with Crippen LogP contribution in [0.2, 0.25) is 0 Å². The lowest BCUT2D eigenvalue weighted by Crippen LogP contribution is -2.71. The lowest BCUT2D eigenvalue weighted by molar-refractivity contribution is -0.378. The first-order chi connectivity index (χ1) is 46.6. The van der Waals surface area contributed by atoms with Crippen molar-refractivity contribution in [3.8, 4) is 0 Å². The van der Waals surface area contributed by atoms with Gasteiger partial charge in [0.25, 0.3) is 0 Å². The van der Waals surface area contributed by atoms with E-state index in [1.165, 1.54) is 0 Å². The normalized spacial score (nSPS) is 54.7. The molecule has 31 heteroatoms. The summed E-state index contributed by atoms with van der Waals surface area (Å²) in [6, 6.07) is 0. The van der Waals surface area contributed by atoms with E-state index in [4.69, 9.17) is 66.3 Å². The highest BCUT2D eigenvalue weighted by Gasteiger charge is 2.73. The number of aliphatic hydroxyl groups is 16. The highest BCUT2D eigenvalue weighted by atomic mass is 16.8. The molecule has 0 aromatic rings. The molecule has 16 N–H and O–H groups in total. The SMILES string of the molecule is C[C@@H]1O[C@@H](O[C@@H]2C[C@H](O[C@@H]3[C@@H](O[C@H]4C[C@@H](O)CCO4)[C@@H](O)[C@H](O[C@H]4[C@H](OC(=O)[C@]56CCC(C)(C)C[C@H]5C5=CC[C@@H]7[C@@]8(C)C[C@H](O)[C@H](O[C@@H]9O[C@H](CO)[C@@H](O)[C@H](O[C@@H]%10OC[C@@H](O)[C@H](O)[C@H]%10O)[C@H]9O)[C@@](C)(CO)[C@@H]8CC[C@@]7(C)[C@]5(C)C[C@H]6O)OC[C@H](O)[C@@H]4O)O[C@H]3C)OC[C@H]2O)C[C@H](O)[C@H]1O. The Balaban J connectivity index is 0.769. The Morgan fingerprint density at radius 2 is 1.18 bits per heavy atom. The molecule has 0 radical (unpaired) electrons. The van der Waals surface area contributed by atoms with Crippen molar-refractivity contribution in [3.63, 3.8) is 0 Å². The maximum absolute atomic E-state index is 15.8. The third kappa shape index (κ3) is 13.8. The van der Waals surface area contributed by atoms with Crippen molar-refractivity contribution in [2.45, 2.75) is 317 Å². The topological polar surface area (TPSA) is 470 Å². The second-order valence-electron chi connectivity index (χ2n) is 32.5. The Hall–Kier alpha value is -1.95. The first-order valence-corrected chi connectivity index (χ1v) is 35.6. The average Bonchev–Trinajstić information content (AvgIpc) is 0.674. The van der Waals surface area contributed by atoms with E-state index in [0.717, 1.165) is 5.57 Å². The minimum Gasteiger partial charge on any atom is -0.432 e. The van der Waals surface area contributed by atoms with Crippen molar-refractivity contribution in [3.05, 3.63) is 11.6 Å². The molecule has 0 unspecified atom stereocenters. The number of aliphatic hydroxyl groups excluding tert-OH is 16. The summed E-state index contributed by atoms with van der Waals surface area (Å²) in [6.45, 7) is 13.4. The van der Waals surface area contributed by atoms with E-state index in [1.54, 1.807) is 13.8 Å². The zero-order chi connectivity index (χ0) is 71.5. The van der Waals surface area contributed by atoms with E-state index in [9.17, 15) is 81.7 Å². The Morgan fingerprint density at radius 1 is 0.525 bits per heavy atom. The van der Waals surface area contributed by atoms with Crippen LogP contribution in [0.4, 0.5) is 0 Å². The number of rotatable bonds is 16. The third-order valence-electron chi connectivity index (χ3n) is 25.8. The largest absolute Gasteiger partial charge is 0.432 e. The van der Waals surface area contributed by atoms with Gasteiger partial charge in [-0.05, 0) is 111 Å². The van der Waals surface area contributed by atoms with E-state index in [2.05, 4.69) is 40.7 Å². The maximum atomic E-state index is 15.8. The fourth-order valence-corrected chi connectivity index (χ4v) is 19.9. The van der Waals surface area contributed by atoms with Gasteiger partial charge in [-0.15, -0.1) is 0 Å². The van der Waals surface area contributed by atoms with Crippen LogP contribution in [0.5, 0.6) is 0 Å². The number of ether oxygens (including phenoxy) is 14. The summed E-state index contributed by atoms with van der Waals surface area (Å²) in [4.78, 5) is 15.8. The number of hydrogen-bond acceptors (Lipinski definition) is 31. The van der Waals surface area contributed by atoms with E-state index < -0.39 is 250 Å². The van der Waals surface area contributed by atoms with Crippen LogP contribution in [-0.4, -0.2) is 312 Å². The molecule has 12 aliphatic rings. The molecule has 4 saturated carbocycles. The fraction of sp³-hybridized carbons (Fsp3) is 0.956. The van der Waals surface area contributed by atoms with Gasteiger partial charge in [-0.2, -0.15) is 0 Å². The molecule has 0 aromatic carbocycles. The van der Waals surface area contributed by atoms with Crippen LogP contribution in [0.25, 0.3) is 0 Å². The van der Waals surface area contributed by atoms with Crippen molar-refractivity contribution in [1.29, 1.82) is 0 Å². The molecule has 0 aromatic heterocycles. The predicted octanol–water partition coefficient (Wildman–Crippen LogP) is -2.92. The monoisotopic (exact) mass is 1420 g/mol. The van der Waals surface area contributed by atoms with E-state index >= 15 is 4.79 Å². The highest BCUT2D eigenvalue weighted by molar-refractivity contribution is 5.80. The van der Waals surface area contributed by atoms with Gasteiger partial charge in [0.2, 0.25) is 6.29 Å². The number of fused-ring (bicyclic) bond motifs is 7. The van der Waals surface area contributed by atoms with Gasteiger partial charge in [0.05, 0.1) is 88.5 Å². The second-order valence-corrected chi connectivity index (χ2v) is 32.5.